The van der Waals surface area contributed by atoms with Gasteiger partial charge in [0.1, 0.15) is 0 Å². The zero-order chi connectivity index (χ0) is 5.11. The van der Waals surface area contributed by atoms with Gasteiger partial charge >= 0.3 is 0 Å². The van der Waals surface area contributed by atoms with Crippen molar-refractivity contribution in [3.63, 3.8) is 0 Å². The van der Waals surface area contributed by atoms with E-state index in [0.29, 0.717) is 0 Å². The molecule has 8 heavy (non-hydrogen) atoms. The maximum absolute atomic E-state index is 5.36. The first-order chi connectivity index (χ1) is 3.39. The topological polar surface area (TPSA) is 25.3 Å². The van der Waals surface area contributed by atoms with Crippen LogP contribution in [0.2, 0.25) is 0 Å². The molecule has 0 unspecified atom stereocenters. The van der Waals surface area contributed by atoms with Crippen LogP contribution in [-0.4, -0.2) is 0 Å². The fraction of sp³-hybridized carbons (Fsp3) is 0. The van der Waals surface area contributed by atoms with Crippen molar-refractivity contribution in [1.29, 1.82) is 0 Å². The minimum atomic E-state index is 0. The van der Waals surface area contributed by atoms with E-state index in [4.69, 9.17) is 5.73 Å². The van der Waals surface area contributed by atoms with Gasteiger partial charge in [-0.3, -0.25) is 0 Å². The number of benzene rings is 1. The summed E-state index contributed by atoms with van der Waals surface area (Å²) in [6.45, 7) is 0. The Labute approximate surface area is 54.9 Å². The Kier molecular flexibility index (Phi) is 3.24. The molecular weight excluding hydrogens is 122 g/mol. The molecule has 0 saturated carbocycles. The predicted octanol–water partition coefficient (Wildman–Crippen LogP) is -2.65. The molecule has 2 heteroatoms. The summed E-state index contributed by atoms with van der Waals surface area (Å²) >= 11 is 0. The minimum Gasteiger partial charge on any atom is -1.00 e. The van der Waals surface area contributed by atoms with Crippen molar-refractivity contribution in [3.05, 3.63) is 30.3 Å². The number of hydrogen-bond donors (Lipinski definition) is 1. The predicted molar refractivity (Wildman–Crippen MR) is 28.0 cm³/mol. The van der Waals surface area contributed by atoms with Crippen LogP contribution in [0.1, 0.15) is 0 Å². The molecule has 0 atom stereocenters. The molecule has 1 nitrogen and oxygen atoms in total. The van der Waals surface area contributed by atoms with Gasteiger partial charge in [0.05, 0.1) is 0 Å². The molecule has 1 aromatic rings. The molecule has 0 bridgehead atoms. The van der Waals surface area contributed by atoms with Crippen molar-refractivity contribution < 1.29 is 18.1 Å². The molecule has 0 aliphatic rings. The van der Waals surface area contributed by atoms with E-state index >= 15 is 0 Å². The normalized spacial score (nSPS) is 7.62. The lowest BCUT2D eigenvalue weighted by Gasteiger charge is -1.75. The Morgan fingerprint density at radius 3 is 1.75 bits per heavy atom. The first kappa shape index (κ1) is 7.47. The van der Waals surface area contributed by atoms with Crippen molar-refractivity contribution in [1.82, 2.24) is 0 Å². The number of rotatable bonds is 0. The van der Waals surface area contributed by atoms with Crippen molar-refractivity contribution in [2.24, 2.45) is 0 Å². The second-order valence-corrected chi connectivity index (χ2v) is 1.41. The van der Waals surface area contributed by atoms with Gasteiger partial charge in [-0.05, 0) is 0 Å². The lowest BCUT2D eigenvalue weighted by atomic mass is 10.3. The summed E-state index contributed by atoms with van der Waals surface area (Å²) in [6.07, 6.45) is 0. The quantitative estimate of drug-likeness (QED) is 0.370. The van der Waals surface area contributed by atoms with Gasteiger partial charge in [0.15, 0.2) is 5.69 Å². The van der Waals surface area contributed by atoms with Gasteiger partial charge in [0.2, 0.25) is 0 Å². The third-order valence-corrected chi connectivity index (χ3v) is 0.800. The van der Waals surface area contributed by atoms with E-state index in [9.17, 15) is 0 Å². The van der Waals surface area contributed by atoms with E-state index in [2.05, 4.69) is 0 Å². The maximum Gasteiger partial charge on any atom is 0.177 e. The van der Waals surface area contributed by atoms with Gasteiger partial charge in [0.25, 0.3) is 0 Å². The highest BCUT2D eigenvalue weighted by atomic mass is 35.5. The summed E-state index contributed by atoms with van der Waals surface area (Å²) in [6, 6.07) is 9.49. The highest BCUT2D eigenvalue weighted by Gasteiger charge is 1.80. The van der Waals surface area contributed by atoms with Crippen LogP contribution in [0.5, 0.6) is 0 Å². The van der Waals surface area contributed by atoms with Crippen molar-refractivity contribution in [2.45, 2.75) is 0 Å². The molecule has 0 aromatic heterocycles. The van der Waals surface area contributed by atoms with Crippen LogP contribution in [0, 0.1) is 0 Å². The lowest BCUT2D eigenvalue weighted by molar-refractivity contribution is -0.254. The number of para-hydroxylation sites is 1. The smallest absolute Gasteiger partial charge is 0.177 e. The molecule has 43 valence electrons. The van der Waals surface area contributed by atoms with E-state index in [0.717, 1.165) is 5.69 Å². The van der Waals surface area contributed by atoms with Crippen molar-refractivity contribution in [3.8, 4) is 0 Å². The van der Waals surface area contributed by atoms with Crippen LogP contribution in [0.4, 0.5) is 5.69 Å². The van der Waals surface area contributed by atoms with Gasteiger partial charge in [-0.1, -0.05) is 18.2 Å². The third kappa shape index (κ3) is 1.96. The largest absolute Gasteiger partial charge is 1.00 e. The number of nitrogens with two attached hydrogens (primary N) is 1. The second kappa shape index (κ2) is 3.47. The monoisotopic (exact) mass is 128 g/mol. The van der Waals surface area contributed by atoms with Gasteiger partial charge in [-0.25, -0.2) is 0 Å². The Morgan fingerprint density at radius 1 is 1.00 bits per heavy atom. The summed E-state index contributed by atoms with van der Waals surface area (Å²) in [7, 11) is 0. The van der Waals surface area contributed by atoms with Crippen LogP contribution < -0.4 is 18.1 Å². The Balaban J connectivity index is 0.000000490. The fourth-order valence-corrected chi connectivity index (χ4v) is 0.453. The van der Waals surface area contributed by atoms with Gasteiger partial charge in [0, 0.05) is 12.1 Å². The molecule has 0 amide bonds. The van der Waals surface area contributed by atoms with E-state index in [1.165, 1.54) is 0 Å². The molecule has 0 saturated heterocycles. The molecule has 1 aromatic carbocycles. The molecule has 2 N–H and O–H groups in total. The minimum absolute atomic E-state index is 0. The summed E-state index contributed by atoms with van der Waals surface area (Å²) < 4.78 is 0. The van der Waals surface area contributed by atoms with E-state index in [-0.39, 0.29) is 12.4 Å². The lowest BCUT2D eigenvalue weighted by Crippen LogP contribution is -3.00. The average Bonchev–Trinajstić information content (AvgIpc) is 1.69. The highest BCUT2D eigenvalue weighted by molar-refractivity contribution is 5.25. The molecular formula is C6H7ClN. The Morgan fingerprint density at radius 2 is 1.50 bits per heavy atom. The number of hydrogen-bond acceptors (Lipinski definition) is 1. The van der Waals surface area contributed by atoms with Gasteiger partial charge in [-0.2, -0.15) is 5.73 Å². The summed E-state index contributed by atoms with van der Waals surface area (Å²) in [4.78, 5) is 0. The zero-order valence-electron chi connectivity index (χ0n) is 4.34. The van der Waals surface area contributed by atoms with E-state index < -0.39 is 0 Å². The molecule has 1 radical (unpaired) electrons. The van der Waals surface area contributed by atoms with Gasteiger partial charge < -0.3 is 12.4 Å². The molecule has 0 fully saturated rings. The molecule has 0 spiro atoms. The number of halogens is 1. The summed E-state index contributed by atoms with van der Waals surface area (Å²) in [5.41, 5.74) is 6.18. The molecule has 0 aliphatic carbocycles. The van der Waals surface area contributed by atoms with Crippen LogP contribution in [0.3, 0.4) is 0 Å². The number of nitrogen functional groups attached to an aromatic ring is 1. The summed E-state index contributed by atoms with van der Waals surface area (Å²) in [5.74, 6) is 0. The van der Waals surface area contributed by atoms with Crippen LogP contribution in [0.25, 0.3) is 0 Å². The fourth-order valence-electron chi connectivity index (χ4n) is 0.453. The van der Waals surface area contributed by atoms with Crippen LogP contribution in [0.15, 0.2) is 30.3 Å². The maximum atomic E-state index is 5.36. The second-order valence-electron chi connectivity index (χ2n) is 1.41. The average molecular weight is 129 g/mol. The molecule has 1 rings (SSSR count). The zero-order valence-corrected chi connectivity index (χ0v) is 5.10. The van der Waals surface area contributed by atoms with Crippen LogP contribution in [-0.2, 0) is 0 Å². The van der Waals surface area contributed by atoms with Crippen molar-refractivity contribution >= 4 is 5.69 Å². The summed E-state index contributed by atoms with van der Waals surface area (Å²) in [5, 5.41) is 0. The van der Waals surface area contributed by atoms with E-state index in [1.54, 1.807) is 0 Å². The van der Waals surface area contributed by atoms with Gasteiger partial charge in [-0.15, -0.1) is 0 Å². The molecule has 0 aliphatic heterocycles. The first-order valence-corrected chi connectivity index (χ1v) is 2.20. The highest BCUT2D eigenvalue weighted by Crippen LogP contribution is 1.93. The molecule has 0 heterocycles. The SMILES string of the molecule is [Cl-].[NH2+]c1ccccc1. The van der Waals surface area contributed by atoms with Crippen LogP contribution >= 0.6 is 0 Å². The van der Waals surface area contributed by atoms with E-state index in [1.807, 2.05) is 30.3 Å². The Hall–Kier alpha value is -0.530. The third-order valence-electron chi connectivity index (χ3n) is 0.800. The Bertz CT molecular complexity index is 138. The standard InChI is InChI=1S/C6H7N.ClH/c7-6-4-2-1-3-5-6;/h1-5H,7H2;1H/q+1;/p-1. The first-order valence-electron chi connectivity index (χ1n) is 2.20. The van der Waals surface area contributed by atoms with Crippen molar-refractivity contribution in [2.75, 3.05) is 0 Å². The number of anilines is 1.